The third-order valence-corrected chi connectivity index (χ3v) is 13.0. The lowest BCUT2D eigenvalue weighted by Crippen LogP contribution is -2.42. The molecule has 0 amide bonds. The molecule has 4 heteroatoms. The summed E-state index contributed by atoms with van der Waals surface area (Å²) in [6, 6.07) is 48.2. The van der Waals surface area contributed by atoms with Crippen LogP contribution in [0.3, 0.4) is 0 Å². The van der Waals surface area contributed by atoms with Crippen molar-refractivity contribution in [1.82, 2.24) is 19.1 Å². The van der Waals surface area contributed by atoms with Gasteiger partial charge in [0.15, 0.2) is 5.82 Å². The molecule has 6 aromatic carbocycles. The van der Waals surface area contributed by atoms with E-state index in [0.29, 0.717) is 0 Å². The van der Waals surface area contributed by atoms with Crippen molar-refractivity contribution >= 4 is 54.5 Å². The van der Waals surface area contributed by atoms with E-state index in [1.807, 2.05) is 18.2 Å². The number of nitrogens with zero attached hydrogens (tertiary/aromatic N) is 4. The maximum atomic E-state index is 5.33. The standard InChI is InChI=1S/C47H40N4/c1-45(2)34-25-24-30(28-35(34)46(3,4)47(45,5)6)50-37-22-14-11-19-32(37)41-39(50)26-27-40-42(41)33-20-12-15-23-38(33)51(40)44-31-18-10-13-21-36(31)48-43(49-44)29-16-8-7-9-17-29/h7-28H,1-6H3. The number of para-hydroxylation sites is 3. The Balaban J connectivity index is 1.31. The average molecular weight is 661 g/mol. The molecule has 0 aliphatic heterocycles. The largest absolute Gasteiger partial charge is 0.309 e. The average Bonchev–Trinajstić information content (AvgIpc) is 3.70. The first-order valence-electron chi connectivity index (χ1n) is 18.0. The molecule has 0 atom stereocenters. The summed E-state index contributed by atoms with van der Waals surface area (Å²) in [5.74, 6) is 1.61. The molecule has 3 aromatic heterocycles. The van der Waals surface area contributed by atoms with Crippen molar-refractivity contribution in [3.05, 3.63) is 145 Å². The quantitative estimate of drug-likeness (QED) is 0.189. The third-order valence-electron chi connectivity index (χ3n) is 13.0. The smallest absolute Gasteiger partial charge is 0.162 e. The first kappa shape index (κ1) is 30.1. The van der Waals surface area contributed by atoms with Crippen LogP contribution in [0.1, 0.15) is 52.7 Å². The van der Waals surface area contributed by atoms with Crippen molar-refractivity contribution in [2.75, 3.05) is 0 Å². The zero-order chi connectivity index (χ0) is 34.9. The fraction of sp³-hybridized carbons (Fsp3) is 0.191. The van der Waals surface area contributed by atoms with Gasteiger partial charge in [0.25, 0.3) is 0 Å². The first-order chi connectivity index (χ1) is 24.6. The summed E-state index contributed by atoms with van der Waals surface area (Å²) in [4.78, 5) is 10.4. The van der Waals surface area contributed by atoms with Gasteiger partial charge in [0.2, 0.25) is 0 Å². The Morgan fingerprint density at radius 2 is 1.00 bits per heavy atom. The van der Waals surface area contributed by atoms with Crippen LogP contribution in [-0.4, -0.2) is 19.1 Å². The summed E-state index contributed by atoms with van der Waals surface area (Å²) in [5.41, 5.74) is 10.9. The fourth-order valence-electron chi connectivity index (χ4n) is 9.16. The molecule has 0 fully saturated rings. The van der Waals surface area contributed by atoms with Crippen molar-refractivity contribution in [1.29, 1.82) is 0 Å². The molecule has 9 aromatic rings. The summed E-state index contributed by atoms with van der Waals surface area (Å²) in [6.45, 7) is 14.5. The van der Waals surface area contributed by atoms with Gasteiger partial charge in [-0.2, -0.15) is 0 Å². The first-order valence-corrected chi connectivity index (χ1v) is 18.0. The summed E-state index contributed by atoms with van der Waals surface area (Å²) >= 11 is 0. The monoisotopic (exact) mass is 660 g/mol. The van der Waals surface area contributed by atoms with Crippen molar-refractivity contribution in [2.24, 2.45) is 5.41 Å². The predicted molar refractivity (Wildman–Crippen MR) is 213 cm³/mol. The van der Waals surface area contributed by atoms with Gasteiger partial charge in [-0.05, 0) is 75.9 Å². The van der Waals surface area contributed by atoms with Crippen LogP contribution in [0.5, 0.6) is 0 Å². The van der Waals surface area contributed by atoms with Gasteiger partial charge in [0, 0.05) is 38.2 Å². The topological polar surface area (TPSA) is 35.6 Å². The predicted octanol–water partition coefficient (Wildman–Crippen LogP) is 12.1. The molecule has 0 N–H and O–H groups in total. The van der Waals surface area contributed by atoms with Gasteiger partial charge in [0.05, 0.1) is 27.6 Å². The molecule has 0 spiro atoms. The highest BCUT2D eigenvalue weighted by atomic mass is 15.1. The number of fused-ring (bicyclic) bond motifs is 9. The number of rotatable bonds is 3. The molecular weight excluding hydrogens is 621 g/mol. The molecule has 0 saturated carbocycles. The summed E-state index contributed by atoms with van der Waals surface area (Å²) < 4.78 is 4.84. The number of hydrogen-bond donors (Lipinski definition) is 0. The van der Waals surface area contributed by atoms with Gasteiger partial charge in [-0.1, -0.05) is 126 Å². The minimum absolute atomic E-state index is 0.0141. The second kappa shape index (κ2) is 10.2. The van der Waals surface area contributed by atoms with Crippen LogP contribution in [0.2, 0.25) is 0 Å². The molecule has 0 saturated heterocycles. The zero-order valence-electron chi connectivity index (χ0n) is 30.0. The van der Waals surface area contributed by atoms with E-state index in [0.717, 1.165) is 39.1 Å². The molecule has 1 aliphatic rings. The molecule has 0 bridgehead atoms. The maximum absolute atomic E-state index is 5.33. The molecule has 0 unspecified atom stereocenters. The molecule has 51 heavy (non-hydrogen) atoms. The maximum Gasteiger partial charge on any atom is 0.162 e. The molecule has 0 radical (unpaired) electrons. The van der Waals surface area contributed by atoms with Gasteiger partial charge < -0.3 is 4.57 Å². The van der Waals surface area contributed by atoms with Crippen LogP contribution >= 0.6 is 0 Å². The summed E-state index contributed by atoms with van der Waals surface area (Å²) in [6.07, 6.45) is 0. The highest BCUT2D eigenvalue weighted by Crippen LogP contribution is 2.61. The van der Waals surface area contributed by atoms with E-state index in [1.165, 1.54) is 49.4 Å². The number of benzene rings is 6. The Hall–Kier alpha value is -5.74. The zero-order valence-corrected chi connectivity index (χ0v) is 30.0. The Morgan fingerprint density at radius 1 is 0.451 bits per heavy atom. The lowest BCUT2D eigenvalue weighted by molar-refractivity contribution is 0.125. The van der Waals surface area contributed by atoms with Crippen LogP contribution in [-0.2, 0) is 10.8 Å². The molecule has 10 rings (SSSR count). The SMILES string of the molecule is CC1(C)c2ccc(-n3c4ccccc4c4c5c6ccccc6n(-c6nc(-c7ccccc7)nc7ccccc67)c5ccc43)cc2C(C)(C)C1(C)C. The Bertz CT molecular complexity index is 2880. The van der Waals surface area contributed by atoms with Crippen molar-refractivity contribution in [3.63, 3.8) is 0 Å². The van der Waals surface area contributed by atoms with Crippen molar-refractivity contribution in [3.8, 4) is 22.9 Å². The second-order valence-corrected chi connectivity index (χ2v) is 15.9. The Kier molecular flexibility index (Phi) is 6.00. The molecule has 1 aliphatic carbocycles. The molecule has 248 valence electrons. The van der Waals surface area contributed by atoms with Crippen LogP contribution in [0.25, 0.3) is 77.4 Å². The van der Waals surface area contributed by atoms with E-state index in [-0.39, 0.29) is 16.2 Å². The van der Waals surface area contributed by atoms with Gasteiger partial charge in [-0.3, -0.25) is 4.57 Å². The second-order valence-electron chi connectivity index (χ2n) is 15.9. The van der Waals surface area contributed by atoms with Gasteiger partial charge in [-0.25, -0.2) is 9.97 Å². The highest BCUT2D eigenvalue weighted by molar-refractivity contribution is 6.29. The Labute approximate surface area is 298 Å². The van der Waals surface area contributed by atoms with Crippen LogP contribution < -0.4 is 0 Å². The van der Waals surface area contributed by atoms with Gasteiger partial charge >= 0.3 is 0 Å². The minimum Gasteiger partial charge on any atom is -0.309 e. The van der Waals surface area contributed by atoms with E-state index < -0.39 is 0 Å². The number of aromatic nitrogens is 4. The van der Waals surface area contributed by atoms with E-state index in [4.69, 9.17) is 9.97 Å². The van der Waals surface area contributed by atoms with Crippen LogP contribution in [0.15, 0.2) is 133 Å². The van der Waals surface area contributed by atoms with Crippen molar-refractivity contribution in [2.45, 2.75) is 52.4 Å². The van der Waals surface area contributed by atoms with E-state index >= 15 is 0 Å². The van der Waals surface area contributed by atoms with Gasteiger partial charge in [-0.15, -0.1) is 0 Å². The molecule has 4 nitrogen and oxygen atoms in total. The normalized spacial score (nSPS) is 16.1. The van der Waals surface area contributed by atoms with Crippen LogP contribution in [0, 0.1) is 5.41 Å². The minimum atomic E-state index is 0.0141. The fourth-order valence-corrected chi connectivity index (χ4v) is 9.16. The van der Waals surface area contributed by atoms with E-state index in [1.54, 1.807) is 0 Å². The van der Waals surface area contributed by atoms with Crippen LogP contribution in [0.4, 0.5) is 0 Å². The Morgan fingerprint density at radius 3 is 1.69 bits per heavy atom. The highest BCUT2D eigenvalue weighted by Gasteiger charge is 2.56. The van der Waals surface area contributed by atoms with E-state index in [2.05, 4.69) is 166 Å². The summed E-state index contributed by atoms with van der Waals surface area (Å²) in [5, 5.41) is 5.99. The molecule has 3 heterocycles. The lowest BCUT2D eigenvalue weighted by atomic mass is 9.59. The lowest BCUT2D eigenvalue weighted by Gasteiger charge is -2.44. The molecular formula is C47H40N4. The van der Waals surface area contributed by atoms with E-state index in [9.17, 15) is 0 Å². The van der Waals surface area contributed by atoms with Gasteiger partial charge in [0.1, 0.15) is 5.82 Å². The van der Waals surface area contributed by atoms with Crippen molar-refractivity contribution < 1.29 is 0 Å². The number of hydrogen-bond acceptors (Lipinski definition) is 2. The third kappa shape index (κ3) is 3.85. The summed E-state index contributed by atoms with van der Waals surface area (Å²) in [7, 11) is 0.